The molecule has 3 heterocycles. The maximum absolute atomic E-state index is 12.5. The van der Waals surface area contributed by atoms with Crippen LogP contribution < -0.4 is 5.56 Å². The highest BCUT2D eigenvalue weighted by atomic mass is 19.4. The molecule has 0 N–H and O–H groups in total. The van der Waals surface area contributed by atoms with Gasteiger partial charge in [-0.2, -0.15) is 18.2 Å². The first-order valence-corrected chi connectivity index (χ1v) is 8.16. The molecule has 25 heavy (non-hydrogen) atoms. The molecule has 1 saturated heterocycles. The predicted molar refractivity (Wildman–Crippen MR) is 83.9 cm³/mol. The summed E-state index contributed by atoms with van der Waals surface area (Å²) < 4.78 is 43.3. The van der Waals surface area contributed by atoms with Crippen molar-refractivity contribution < 1.29 is 17.7 Å². The Kier molecular flexibility index (Phi) is 4.94. The van der Waals surface area contributed by atoms with Crippen molar-refractivity contribution in [1.29, 1.82) is 0 Å². The van der Waals surface area contributed by atoms with Gasteiger partial charge < -0.3 is 14.0 Å². The minimum Gasteiger partial charge on any atom is -0.329 e. The van der Waals surface area contributed by atoms with E-state index in [4.69, 9.17) is 0 Å². The van der Waals surface area contributed by atoms with E-state index in [1.807, 2.05) is 0 Å². The van der Waals surface area contributed by atoms with Gasteiger partial charge in [0.25, 0.3) is 5.56 Å². The molecule has 0 spiro atoms. The zero-order chi connectivity index (χ0) is 18.0. The fourth-order valence-electron chi connectivity index (χ4n) is 3.08. The van der Waals surface area contributed by atoms with Crippen molar-refractivity contribution in [3.05, 3.63) is 34.6 Å². The molecule has 1 aliphatic rings. The lowest BCUT2D eigenvalue weighted by Crippen LogP contribution is -2.37. The lowest BCUT2D eigenvalue weighted by Gasteiger charge is -2.32. The molecule has 9 heteroatoms. The van der Waals surface area contributed by atoms with Crippen molar-refractivity contribution in [2.24, 2.45) is 0 Å². The summed E-state index contributed by atoms with van der Waals surface area (Å²) in [6, 6.07) is 3.21. The molecule has 2 aromatic heterocycles. The van der Waals surface area contributed by atoms with Crippen LogP contribution in [0.5, 0.6) is 0 Å². The second-order valence-electron chi connectivity index (χ2n) is 6.29. The summed E-state index contributed by atoms with van der Waals surface area (Å²) in [5.74, 6) is -1.67. The zero-order valence-corrected chi connectivity index (χ0v) is 13.8. The van der Waals surface area contributed by atoms with Crippen molar-refractivity contribution in [2.75, 3.05) is 13.6 Å². The van der Waals surface area contributed by atoms with Crippen LogP contribution in [0.1, 0.15) is 31.6 Å². The summed E-state index contributed by atoms with van der Waals surface area (Å²) in [6.07, 6.45) is 1.23. The first-order valence-electron chi connectivity index (χ1n) is 8.16. The Hall–Kier alpha value is -2.16. The monoisotopic (exact) mass is 356 g/mol. The third-order valence-electron chi connectivity index (χ3n) is 4.55. The van der Waals surface area contributed by atoms with Crippen LogP contribution in [-0.2, 0) is 12.7 Å². The second-order valence-corrected chi connectivity index (χ2v) is 6.29. The molecular formula is C16H19F3N4O2. The molecule has 0 aromatic carbocycles. The summed E-state index contributed by atoms with van der Waals surface area (Å²) in [7, 11) is 2.09. The van der Waals surface area contributed by atoms with Gasteiger partial charge in [0.2, 0.25) is 5.82 Å². The molecule has 0 radical (unpaired) electrons. The third kappa shape index (κ3) is 4.09. The number of hydrogen-bond donors (Lipinski definition) is 0. The summed E-state index contributed by atoms with van der Waals surface area (Å²) in [5.41, 5.74) is -0.0930. The molecule has 3 rings (SSSR count). The van der Waals surface area contributed by atoms with E-state index < -0.39 is 12.1 Å². The number of piperidine rings is 1. The number of likely N-dealkylation sites (tertiary alicyclic amines) is 1. The topological polar surface area (TPSA) is 64.2 Å². The molecule has 2 aromatic rings. The van der Waals surface area contributed by atoms with Crippen LogP contribution in [-0.4, -0.2) is 39.2 Å². The van der Waals surface area contributed by atoms with E-state index in [1.54, 1.807) is 10.8 Å². The van der Waals surface area contributed by atoms with Crippen LogP contribution in [0.15, 0.2) is 27.6 Å². The van der Waals surface area contributed by atoms with E-state index in [-0.39, 0.29) is 16.9 Å². The van der Waals surface area contributed by atoms with E-state index in [1.165, 1.54) is 25.0 Å². The van der Waals surface area contributed by atoms with Gasteiger partial charge in [0.05, 0.1) is 0 Å². The van der Waals surface area contributed by atoms with E-state index >= 15 is 0 Å². The molecular weight excluding hydrogens is 337 g/mol. The van der Waals surface area contributed by atoms with Gasteiger partial charge in [0.15, 0.2) is 0 Å². The van der Waals surface area contributed by atoms with Gasteiger partial charge in [-0.3, -0.25) is 4.79 Å². The molecule has 6 nitrogen and oxygen atoms in total. The van der Waals surface area contributed by atoms with Crippen molar-refractivity contribution in [2.45, 2.75) is 44.4 Å². The molecule has 1 fully saturated rings. The maximum Gasteiger partial charge on any atom is 0.471 e. The number of rotatable bonds is 4. The first kappa shape index (κ1) is 17.7. The number of aryl methyl sites for hydroxylation is 1. The highest BCUT2D eigenvalue weighted by molar-refractivity contribution is 5.52. The van der Waals surface area contributed by atoms with Crippen molar-refractivity contribution in [3.8, 4) is 11.4 Å². The normalized spacial score (nSPS) is 19.3. The fraction of sp³-hybridized carbons (Fsp3) is 0.562. The lowest BCUT2D eigenvalue weighted by molar-refractivity contribution is -0.159. The van der Waals surface area contributed by atoms with E-state index in [0.29, 0.717) is 12.6 Å². The Morgan fingerprint density at radius 1 is 1.36 bits per heavy atom. The standard InChI is InChI=1S/C16H19F3N4O2/c1-22-7-3-2-4-12(22)6-9-23-8-5-11(10-13(23)24)14-20-15(25-21-14)16(17,18)19/h5,8,10,12H,2-4,6-7,9H2,1H3. The molecule has 0 saturated carbocycles. The van der Waals surface area contributed by atoms with E-state index in [2.05, 4.69) is 26.6 Å². The van der Waals surface area contributed by atoms with Crippen LogP contribution in [0.3, 0.4) is 0 Å². The lowest BCUT2D eigenvalue weighted by atomic mass is 10.0. The number of halogens is 3. The Labute approximate surface area is 142 Å². The summed E-state index contributed by atoms with van der Waals surface area (Å²) in [5, 5.41) is 3.29. The quantitative estimate of drug-likeness (QED) is 0.843. The van der Waals surface area contributed by atoms with Gasteiger partial charge in [0.1, 0.15) is 0 Å². The molecule has 1 aliphatic heterocycles. The van der Waals surface area contributed by atoms with E-state index in [9.17, 15) is 18.0 Å². The smallest absolute Gasteiger partial charge is 0.329 e. The minimum absolute atomic E-state index is 0.204. The van der Waals surface area contributed by atoms with Crippen molar-refractivity contribution >= 4 is 0 Å². The largest absolute Gasteiger partial charge is 0.471 e. The van der Waals surface area contributed by atoms with Gasteiger partial charge in [-0.15, -0.1) is 0 Å². The van der Waals surface area contributed by atoms with Crippen LogP contribution in [0, 0.1) is 0 Å². The number of aromatic nitrogens is 3. The first-order chi connectivity index (χ1) is 11.8. The Morgan fingerprint density at radius 2 is 2.16 bits per heavy atom. The fourth-order valence-corrected chi connectivity index (χ4v) is 3.08. The van der Waals surface area contributed by atoms with Crippen LogP contribution in [0.25, 0.3) is 11.4 Å². The summed E-state index contributed by atoms with van der Waals surface area (Å²) in [6.45, 7) is 1.63. The highest BCUT2D eigenvalue weighted by Gasteiger charge is 2.38. The van der Waals surface area contributed by atoms with Crippen LogP contribution in [0.2, 0.25) is 0 Å². The van der Waals surface area contributed by atoms with Gasteiger partial charge in [0, 0.05) is 30.4 Å². The third-order valence-corrected chi connectivity index (χ3v) is 4.55. The van der Waals surface area contributed by atoms with Crippen molar-refractivity contribution in [3.63, 3.8) is 0 Å². The highest BCUT2D eigenvalue weighted by Crippen LogP contribution is 2.29. The molecule has 1 unspecified atom stereocenters. The Bertz CT molecular complexity index is 784. The maximum atomic E-state index is 12.5. The summed E-state index contributed by atoms with van der Waals surface area (Å²) >= 11 is 0. The molecule has 0 aliphatic carbocycles. The Morgan fingerprint density at radius 3 is 2.80 bits per heavy atom. The Balaban J connectivity index is 1.70. The van der Waals surface area contributed by atoms with Gasteiger partial charge >= 0.3 is 12.1 Å². The predicted octanol–water partition coefficient (Wildman–Crippen LogP) is 2.79. The zero-order valence-electron chi connectivity index (χ0n) is 13.8. The SMILES string of the molecule is CN1CCCCC1CCn1ccc(-c2noc(C(F)(F)F)n2)cc1=O. The number of nitrogens with zero attached hydrogens (tertiary/aromatic N) is 4. The molecule has 136 valence electrons. The average molecular weight is 356 g/mol. The second kappa shape index (κ2) is 6.99. The minimum atomic E-state index is -4.70. The number of alkyl halides is 3. The van der Waals surface area contributed by atoms with E-state index in [0.717, 1.165) is 19.4 Å². The van der Waals surface area contributed by atoms with Crippen molar-refractivity contribution in [1.82, 2.24) is 19.6 Å². The number of hydrogen-bond acceptors (Lipinski definition) is 5. The van der Waals surface area contributed by atoms with Crippen LogP contribution >= 0.6 is 0 Å². The molecule has 0 amide bonds. The van der Waals surface area contributed by atoms with Gasteiger partial charge in [-0.25, -0.2) is 0 Å². The van der Waals surface area contributed by atoms with Crippen LogP contribution in [0.4, 0.5) is 13.2 Å². The van der Waals surface area contributed by atoms with Gasteiger partial charge in [-0.05, 0) is 38.9 Å². The average Bonchev–Trinajstić information content (AvgIpc) is 3.05. The molecule has 0 bridgehead atoms. The summed E-state index contributed by atoms with van der Waals surface area (Å²) in [4.78, 5) is 17.8. The van der Waals surface area contributed by atoms with Gasteiger partial charge in [-0.1, -0.05) is 11.6 Å². The molecule has 1 atom stereocenters. The number of pyridine rings is 1.